The zero-order valence-electron chi connectivity index (χ0n) is 7.83. The summed E-state index contributed by atoms with van der Waals surface area (Å²) in [5.74, 6) is -0.138. The Morgan fingerprint density at radius 1 is 1.47 bits per heavy atom. The highest BCUT2D eigenvalue weighted by Crippen LogP contribution is 2.29. The molecule has 2 rings (SSSR count). The first-order valence-corrected chi connectivity index (χ1v) is 5.88. The van der Waals surface area contributed by atoms with Gasteiger partial charge in [-0.25, -0.2) is 4.39 Å². The van der Waals surface area contributed by atoms with Crippen LogP contribution in [0.5, 0.6) is 10.9 Å². The molecule has 0 aliphatic heterocycles. The second kappa shape index (κ2) is 4.28. The van der Waals surface area contributed by atoms with Crippen LogP contribution in [0.2, 0.25) is 0 Å². The first-order chi connectivity index (χ1) is 7.16. The molecule has 0 spiro atoms. The maximum atomic E-state index is 13.5. The van der Waals surface area contributed by atoms with E-state index < -0.39 is 0 Å². The maximum absolute atomic E-state index is 13.5. The van der Waals surface area contributed by atoms with Crippen molar-refractivity contribution in [3.8, 4) is 10.9 Å². The number of ether oxygens (including phenoxy) is 1. The van der Waals surface area contributed by atoms with E-state index in [9.17, 15) is 4.39 Å². The number of hydrogen-bond acceptors (Lipinski definition) is 3. The summed E-state index contributed by atoms with van der Waals surface area (Å²) in [6, 6.07) is 5.02. The molecule has 0 aliphatic rings. The minimum atomic E-state index is -0.344. The van der Waals surface area contributed by atoms with Crippen LogP contribution in [0.25, 0.3) is 0 Å². The summed E-state index contributed by atoms with van der Waals surface area (Å²) in [7, 11) is 0. The van der Waals surface area contributed by atoms with E-state index in [0.29, 0.717) is 15.4 Å². The average molecular weight is 288 g/mol. The van der Waals surface area contributed by atoms with Gasteiger partial charge in [0.2, 0.25) is 0 Å². The summed E-state index contributed by atoms with van der Waals surface area (Å²) in [5.41, 5.74) is 0.558. The van der Waals surface area contributed by atoms with Crippen LogP contribution in [0.4, 0.5) is 4.39 Å². The summed E-state index contributed by atoms with van der Waals surface area (Å²) in [4.78, 5) is 4.02. The molecule has 2 aromatic rings. The molecular weight excluding hydrogens is 281 g/mol. The summed E-state index contributed by atoms with van der Waals surface area (Å²) in [6.45, 7) is 1.69. The van der Waals surface area contributed by atoms with Crippen molar-refractivity contribution < 1.29 is 9.13 Å². The molecule has 78 valence electrons. The van der Waals surface area contributed by atoms with Crippen molar-refractivity contribution in [1.82, 2.24) is 4.98 Å². The number of rotatable bonds is 2. The molecule has 0 aliphatic carbocycles. The van der Waals surface area contributed by atoms with E-state index in [2.05, 4.69) is 20.9 Å². The van der Waals surface area contributed by atoms with Crippen LogP contribution in [-0.4, -0.2) is 4.98 Å². The molecule has 0 radical (unpaired) electrons. The Morgan fingerprint density at radius 2 is 2.27 bits per heavy atom. The monoisotopic (exact) mass is 287 g/mol. The second-order valence-electron chi connectivity index (χ2n) is 2.93. The van der Waals surface area contributed by atoms with E-state index in [1.165, 1.54) is 11.3 Å². The molecule has 2 nitrogen and oxygen atoms in total. The van der Waals surface area contributed by atoms with Gasteiger partial charge in [-0.2, -0.15) is 4.98 Å². The zero-order chi connectivity index (χ0) is 10.8. The molecule has 5 heteroatoms. The van der Waals surface area contributed by atoms with Gasteiger partial charge in [-0.15, -0.1) is 0 Å². The van der Waals surface area contributed by atoms with Gasteiger partial charge in [-0.3, -0.25) is 0 Å². The summed E-state index contributed by atoms with van der Waals surface area (Å²) in [6.07, 6.45) is 0. The topological polar surface area (TPSA) is 22.1 Å². The van der Waals surface area contributed by atoms with Crippen molar-refractivity contribution in [3.05, 3.63) is 39.6 Å². The van der Waals surface area contributed by atoms with Gasteiger partial charge < -0.3 is 4.74 Å². The Labute approximate surface area is 98.9 Å². The van der Waals surface area contributed by atoms with Gasteiger partial charge in [0, 0.05) is 5.38 Å². The Bertz CT molecular complexity index is 486. The number of aryl methyl sites for hydroxylation is 1. The van der Waals surface area contributed by atoms with Crippen molar-refractivity contribution in [2.45, 2.75) is 6.92 Å². The summed E-state index contributed by atoms with van der Waals surface area (Å²) in [5, 5.41) is 2.20. The number of benzene rings is 1. The van der Waals surface area contributed by atoms with Gasteiger partial charge in [-0.1, -0.05) is 23.5 Å². The van der Waals surface area contributed by atoms with E-state index in [1.807, 2.05) is 0 Å². The lowest BCUT2D eigenvalue weighted by atomic mass is 10.2. The molecule has 0 saturated carbocycles. The highest BCUT2D eigenvalue weighted by Gasteiger charge is 2.08. The quantitative estimate of drug-likeness (QED) is 0.828. The molecule has 1 aromatic carbocycles. The predicted molar refractivity (Wildman–Crippen MR) is 61.0 cm³/mol. The number of hydrogen-bond donors (Lipinski definition) is 0. The molecule has 1 aromatic heterocycles. The van der Waals surface area contributed by atoms with Crippen molar-refractivity contribution >= 4 is 27.3 Å². The lowest BCUT2D eigenvalue weighted by Gasteiger charge is -2.04. The molecule has 0 bridgehead atoms. The fraction of sp³-hybridized carbons (Fsp3) is 0.100. The normalized spacial score (nSPS) is 10.3. The Kier molecular flexibility index (Phi) is 3.02. The Balaban J connectivity index is 2.28. The second-order valence-corrected chi connectivity index (χ2v) is 4.56. The van der Waals surface area contributed by atoms with E-state index in [4.69, 9.17) is 4.74 Å². The van der Waals surface area contributed by atoms with Gasteiger partial charge in [0.15, 0.2) is 11.6 Å². The first-order valence-electron chi connectivity index (χ1n) is 4.21. The standard InChI is InChI=1S/C10H7BrFNOS/c1-6-3-2-4-7(9(6)12)14-10-13-8(11)5-15-10/h2-5H,1H3. The summed E-state index contributed by atoms with van der Waals surface area (Å²) < 4.78 is 19.5. The summed E-state index contributed by atoms with van der Waals surface area (Å²) >= 11 is 4.52. The smallest absolute Gasteiger partial charge is 0.279 e. The maximum Gasteiger partial charge on any atom is 0.279 e. The minimum absolute atomic E-state index is 0.205. The highest BCUT2D eigenvalue weighted by atomic mass is 79.9. The van der Waals surface area contributed by atoms with Gasteiger partial charge >= 0.3 is 0 Å². The lowest BCUT2D eigenvalue weighted by molar-refractivity contribution is 0.437. The molecule has 0 fully saturated rings. The fourth-order valence-corrected chi connectivity index (χ4v) is 2.18. The third-order valence-corrected chi connectivity index (χ3v) is 3.24. The van der Waals surface area contributed by atoms with Crippen LogP contribution in [0, 0.1) is 12.7 Å². The van der Waals surface area contributed by atoms with Crippen LogP contribution in [0.3, 0.4) is 0 Å². The molecule has 0 atom stereocenters. The largest absolute Gasteiger partial charge is 0.428 e. The third-order valence-electron chi connectivity index (χ3n) is 1.81. The molecule has 0 amide bonds. The van der Waals surface area contributed by atoms with E-state index in [-0.39, 0.29) is 11.6 Å². The molecule has 0 saturated heterocycles. The van der Waals surface area contributed by atoms with Crippen molar-refractivity contribution in [1.29, 1.82) is 0 Å². The Hall–Kier alpha value is -0.940. The van der Waals surface area contributed by atoms with Crippen molar-refractivity contribution in [3.63, 3.8) is 0 Å². The van der Waals surface area contributed by atoms with Crippen LogP contribution in [0.1, 0.15) is 5.56 Å². The van der Waals surface area contributed by atoms with Crippen LogP contribution in [-0.2, 0) is 0 Å². The highest BCUT2D eigenvalue weighted by molar-refractivity contribution is 9.10. The van der Waals surface area contributed by atoms with Crippen molar-refractivity contribution in [2.24, 2.45) is 0 Å². The third kappa shape index (κ3) is 2.35. The predicted octanol–water partition coefficient (Wildman–Crippen LogP) is 4.15. The van der Waals surface area contributed by atoms with E-state index >= 15 is 0 Å². The Morgan fingerprint density at radius 3 is 2.93 bits per heavy atom. The van der Waals surface area contributed by atoms with Gasteiger partial charge in [0.25, 0.3) is 5.19 Å². The fourth-order valence-electron chi connectivity index (χ4n) is 1.08. The van der Waals surface area contributed by atoms with Gasteiger partial charge in [0.05, 0.1) is 0 Å². The minimum Gasteiger partial charge on any atom is -0.428 e. The molecule has 15 heavy (non-hydrogen) atoms. The average Bonchev–Trinajstić information content (AvgIpc) is 2.59. The molecule has 0 unspecified atom stereocenters. The lowest BCUT2D eigenvalue weighted by Crippen LogP contribution is -1.89. The van der Waals surface area contributed by atoms with Crippen molar-refractivity contribution in [2.75, 3.05) is 0 Å². The number of halogens is 2. The van der Waals surface area contributed by atoms with Gasteiger partial charge in [0.1, 0.15) is 4.60 Å². The van der Waals surface area contributed by atoms with Crippen LogP contribution < -0.4 is 4.74 Å². The zero-order valence-corrected chi connectivity index (χ0v) is 10.2. The SMILES string of the molecule is Cc1cccc(Oc2nc(Br)cs2)c1F. The number of thiazole rings is 1. The van der Waals surface area contributed by atoms with E-state index in [1.54, 1.807) is 30.5 Å². The van der Waals surface area contributed by atoms with E-state index in [0.717, 1.165) is 0 Å². The molecular formula is C10H7BrFNOS. The number of nitrogens with zero attached hydrogens (tertiary/aromatic N) is 1. The molecule has 1 heterocycles. The van der Waals surface area contributed by atoms with Gasteiger partial charge in [-0.05, 0) is 34.5 Å². The number of aromatic nitrogens is 1. The van der Waals surface area contributed by atoms with Crippen LogP contribution in [0.15, 0.2) is 28.2 Å². The molecule has 0 N–H and O–H groups in total. The first kappa shape index (κ1) is 10.6. The van der Waals surface area contributed by atoms with Crippen LogP contribution >= 0.6 is 27.3 Å².